The van der Waals surface area contributed by atoms with Crippen molar-refractivity contribution in [3.05, 3.63) is 34.9 Å². The van der Waals surface area contributed by atoms with E-state index >= 15 is 0 Å². The van der Waals surface area contributed by atoms with Gasteiger partial charge in [-0.1, -0.05) is 43.6 Å². The van der Waals surface area contributed by atoms with Gasteiger partial charge in [0.1, 0.15) is 5.60 Å². The predicted molar refractivity (Wildman–Crippen MR) is 70.5 cm³/mol. The molecule has 94 valence electrons. The summed E-state index contributed by atoms with van der Waals surface area (Å²) in [6, 6.07) is 7.43. The molecule has 1 aromatic carbocycles. The molecule has 0 aliphatic rings. The summed E-state index contributed by atoms with van der Waals surface area (Å²) >= 11 is 6.05. The lowest BCUT2D eigenvalue weighted by atomic mass is 9.88. The Balaban J connectivity index is 2.88. The molecule has 3 heteroatoms. The summed E-state index contributed by atoms with van der Waals surface area (Å²) in [6.07, 6.45) is 1.70. The molecule has 0 amide bonds. The third-order valence-corrected chi connectivity index (χ3v) is 3.72. The lowest BCUT2D eigenvalue weighted by Gasteiger charge is -2.28. The third kappa shape index (κ3) is 3.08. The van der Waals surface area contributed by atoms with Crippen LogP contribution in [-0.4, -0.2) is 18.5 Å². The van der Waals surface area contributed by atoms with Crippen LogP contribution < -0.4 is 0 Å². The molecule has 0 saturated heterocycles. The topological polar surface area (TPSA) is 26.3 Å². The summed E-state index contributed by atoms with van der Waals surface area (Å²) in [5.74, 6) is 0.0955. The average Bonchev–Trinajstić information content (AvgIpc) is 2.35. The molecule has 0 atom stereocenters. The first-order chi connectivity index (χ1) is 8.09. The lowest BCUT2D eigenvalue weighted by molar-refractivity contribution is -0.141. The number of carbonyl (C=O) groups excluding carboxylic acids is 1. The Morgan fingerprint density at radius 1 is 1.29 bits per heavy atom. The second kappa shape index (κ2) is 6.18. The van der Waals surface area contributed by atoms with E-state index in [9.17, 15) is 4.79 Å². The average molecular weight is 255 g/mol. The molecule has 0 spiro atoms. The zero-order valence-electron chi connectivity index (χ0n) is 10.6. The van der Waals surface area contributed by atoms with Crippen LogP contribution in [0.5, 0.6) is 0 Å². The molecule has 0 fully saturated rings. The smallest absolute Gasteiger partial charge is 0.168 e. The van der Waals surface area contributed by atoms with Crippen LogP contribution in [0.3, 0.4) is 0 Å². The molecule has 0 aliphatic carbocycles. The highest BCUT2D eigenvalue weighted by Crippen LogP contribution is 2.25. The number of hydrogen-bond acceptors (Lipinski definition) is 2. The van der Waals surface area contributed by atoms with Gasteiger partial charge in [-0.05, 0) is 24.5 Å². The van der Waals surface area contributed by atoms with Crippen LogP contribution in [0.15, 0.2) is 24.3 Å². The standard InChI is InChI=1S/C14H19ClO2/c1-4-14(5-2,17-3)13(16)10-11-8-6-7-9-12(11)15/h6-9H,4-5,10H2,1-3H3. The van der Waals surface area contributed by atoms with E-state index in [1.807, 2.05) is 32.0 Å². The highest BCUT2D eigenvalue weighted by Gasteiger charge is 2.34. The number of Topliss-reactive ketones (excluding diaryl/α,β-unsaturated/α-hetero) is 1. The van der Waals surface area contributed by atoms with E-state index in [2.05, 4.69) is 0 Å². The molecule has 17 heavy (non-hydrogen) atoms. The van der Waals surface area contributed by atoms with Crippen LogP contribution in [0.25, 0.3) is 0 Å². The van der Waals surface area contributed by atoms with E-state index in [0.717, 1.165) is 5.56 Å². The summed E-state index contributed by atoms with van der Waals surface area (Å²) < 4.78 is 5.42. The van der Waals surface area contributed by atoms with Crippen LogP contribution in [0.2, 0.25) is 5.02 Å². The van der Waals surface area contributed by atoms with E-state index in [1.165, 1.54) is 0 Å². The van der Waals surface area contributed by atoms with Gasteiger partial charge in [0.25, 0.3) is 0 Å². The number of ketones is 1. The second-order valence-corrected chi connectivity index (χ2v) is 4.50. The Bertz CT molecular complexity index is 375. The van der Waals surface area contributed by atoms with Crippen LogP contribution in [-0.2, 0) is 16.0 Å². The highest BCUT2D eigenvalue weighted by molar-refractivity contribution is 6.31. The van der Waals surface area contributed by atoms with Crippen LogP contribution in [0.4, 0.5) is 0 Å². The highest BCUT2D eigenvalue weighted by atomic mass is 35.5. The molecule has 0 aliphatic heterocycles. The van der Waals surface area contributed by atoms with E-state index in [0.29, 0.717) is 24.3 Å². The Morgan fingerprint density at radius 2 is 1.88 bits per heavy atom. The summed E-state index contributed by atoms with van der Waals surface area (Å²) in [4.78, 5) is 12.3. The molecular weight excluding hydrogens is 236 g/mol. The van der Waals surface area contributed by atoms with Crippen molar-refractivity contribution >= 4 is 17.4 Å². The van der Waals surface area contributed by atoms with Gasteiger partial charge in [-0.3, -0.25) is 4.79 Å². The first kappa shape index (κ1) is 14.2. The van der Waals surface area contributed by atoms with Gasteiger partial charge in [-0.15, -0.1) is 0 Å². The fourth-order valence-corrected chi connectivity index (χ4v) is 2.23. The molecule has 0 aromatic heterocycles. The van der Waals surface area contributed by atoms with Crippen LogP contribution >= 0.6 is 11.6 Å². The number of rotatable bonds is 6. The van der Waals surface area contributed by atoms with E-state index in [1.54, 1.807) is 13.2 Å². The van der Waals surface area contributed by atoms with Crippen LogP contribution in [0.1, 0.15) is 32.3 Å². The van der Waals surface area contributed by atoms with E-state index in [4.69, 9.17) is 16.3 Å². The summed E-state index contributed by atoms with van der Waals surface area (Å²) in [6.45, 7) is 3.94. The molecular formula is C14H19ClO2. The van der Waals surface area contributed by atoms with Gasteiger partial charge in [0.15, 0.2) is 5.78 Å². The quantitative estimate of drug-likeness (QED) is 0.775. The first-order valence-electron chi connectivity index (χ1n) is 5.91. The van der Waals surface area contributed by atoms with Crippen molar-refractivity contribution in [3.63, 3.8) is 0 Å². The molecule has 1 rings (SSSR count). The predicted octanol–water partition coefficient (Wildman–Crippen LogP) is 3.66. The number of carbonyl (C=O) groups is 1. The Hall–Kier alpha value is -0.860. The zero-order chi connectivity index (χ0) is 12.9. The van der Waals surface area contributed by atoms with Gasteiger partial charge in [0, 0.05) is 18.6 Å². The minimum absolute atomic E-state index is 0.0955. The maximum Gasteiger partial charge on any atom is 0.168 e. The fourth-order valence-electron chi connectivity index (χ4n) is 2.02. The summed E-state index contributed by atoms with van der Waals surface area (Å²) in [7, 11) is 1.59. The molecule has 0 N–H and O–H groups in total. The maximum absolute atomic E-state index is 12.3. The monoisotopic (exact) mass is 254 g/mol. The Morgan fingerprint density at radius 3 is 2.35 bits per heavy atom. The van der Waals surface area contributed by atoms with Crippen molar-refractivity contribution in [2.24, 2.45) is 0 Å². The Kier molecular flexibility index (Phi) is 5.16. The van der Waals surface area contributed by atoms with Crippen molar-refractivity contribution in [2.75, 3.05) is 7.11 Å². The number of ether oxygens (including phenoxy) is 1. The van der Waals surface area contributed by atoms with Crippen molar-refractivity contribution in [1.82, 2.24) is 0 Å². The Labute approximate surface area is 108 Å². The van der Waals surface area contributed by atoms with Gasteiger partial charge in [0.05, 0.1) is 0 Å². The molecule has 0 saturated carbocycles. The first-order valence-corrected chi connectivity index (χ1v) is 6.29. The minimum atomic E-state index is -0.667. The van der Waals surface area contributed by atoms with Crippen molar-refractivity contribution < 1.29 is 9.53 Å². The molecule has 0 unspecified atom stereocenters. The van der Waals surface area contributed by atoms with Crippen molar-refractivity contribution in [3.8, 4) is 0 Å². The molecule has 2 nitrogen and oxygen atoms in total. The summed E-state index contributed by atoms with van der Waals surface area (Å²) in [5.41, 5.74) is 0.196. The molecule has 1 aromatic rings. The molecule has 0 radical (unpaired) electrons. The largest absolute Gasteiger partial charge is 0.370 e. The number of halogens is 1. The van der Waals surface area contributed by atoms with Gasteiger partial charge >= 0.3 is 0 Å². The SMILES string of the molecule is CCC(CC)(OC)C(=O)Cc1ccccc1Cl. The number of hydrogen-bond donors (Lipinski definition) is 0. The fraction of sp³-hybridized carbons (Fsp3) is 0.500. The van der Waals surface area contributed by atoms with Gasteiger partial charge in [-0.25, -0.2) is 0 Å². The lowest BCUT2D eigenvalue weighted by Crippen LogP contribution is -2.40. The molecule has 0 heterocycles. The van der Waals surface area contributed by atoms with Gasteiger partial charge < -0.3 is 4.74 Å². The van der Waals surface area contributed by atoms with Gasteiger partial charge in [-0.2, -0.15) is 0 Å². The number of benzene rings is 1. The minimum Gasteiger partial charge on any atom is -0.370 e. The molecule has 0 bridgehead atoms. The number of methoxy groups -OCH3 is 1. The summed E-state index contributed by atoms with van der Waals surface area (Å²) in [5, 5.41) is 0.637. The third-order valence-electron chi connectivity index (χ3n) is 3.35. The van der Waals surface area contributed by atoms with Crippen molar-refractivity contribution in [1.29, 1.82) is 0 Å². The second-order valence-electron chi connectivity index (χ2n) is 4.10. The van der Waals surface area contributed by atoms with Crippen molar-refractivity contribution in [2.45, 2.75) is 38.7 Å². The maximum atomic E-state index is 12.3. The zero-order valence-corrected chi connectivity index (χ0v) is 11.4. The van der Waals surface area contributed by atoms with Gasteiger partial charge in [0.2, 0.25) is 0 Å². The normalized spacial score (nSPS) is 11.5. The van der Waals surface area contributed by atoms with E-state index < -0.39 is 5.60 Å². The van der Waals surface area contributed by atoms with E-state index in [-0.39, 0.29) is 5.78 Å². The van der Waals surface area contributed by atoms with Crippen LogP contribution in [0, 0.1) is 0 Å².